The summed E-state index contributed by atoms with van der Waals surface area (Å²) in [5.41, 5.74) is 9.73. The summed E-state index contributed by atoms with van der Waals surface area (Å²) in [6, 6.07) is 22.8. The fourth-order valence-electron chi connectivity index (χ4n) is 2.46. The SMILES string of the molecule is COc1ccc(C(=O)Nc2ccc(-c3ccccc3)cc2)cc1N. The number of benzene rings is 3. The number of ether oxygens (including phenoxy) is 1. The van der Waals surface area contributed by atoms with Gasteiger partial charge in [-0.3, -0.25) is 4.79 Å². The number of carbonyl (C=O) groups is 1. The van der Waals surface area contributed by atoms with Crippen LogP contribution in [0.3, 0.4) is 0 Å². The number of hydrogen-bond donors (Lipinski definition) is 2. The van der Waals surface area contributed by atoms with E-state index in [2.05, 4.69) is 5.32 Å². The number of hydrogen-bond acceptors (Lipinski definition) is 3. The first-order chi connectivity index (χ1) is 11.7. The molecule has 3 rings (SSSR count). The normalized spacial score (nSPS) is 10.2. The summed E-state index contributed by atoms with van der Waals surface area (Å²) >= 11 is 0. The van der Waals surface area contributed by atoms with E-state index in [9.17, 15) is 4.79 Å². The average molecular weight is 318 g/mol. The van der Waals surface area contributed by atoms with Crippen LogP contribution >= 0.6 is 0 Å². The highest BCUT2D eigenvalue weighted by atomic mass is 16.5. The Hall–Kier alpha value is -3.27. The lowest BCUT2D eigenvalue weighted by Gasteiger charge is -2.09. The fraction of sp³-hybridized carbons (Fsp3) is 0.0500. The third-order valence-corrected chi connectivity index (χ3v) is 3.74. The van der Waals surface area contributed by atoms with E-state index in [1.165, 1.54) is 0 Å². The summed E-state index contributed by atoms with van der Waals surface area (Å²) in [7, 11) is 1.54. The third-order valence-electron chi connectivity index (χ3n) is 3.74. The van der Waals surface area contributed by atoms with E-state index < -0.39 is 0 Å². The summed E-state index contributed by atoms with van der Waals surface area (Å²) in [5.74, 6) is 0.343. The van der Waals surface area contributed by atoms with E-state index in [-0.39, 0.29) is 5.91 Å². The molecule has 0 bridgehead atoms. The maximum Gasteiger partial charge on any atom is 0.255 e. The van der Waals surface area contributed by atoms with Crippen LogP contribution in [0.15, 0.2) is 72.8 Å². The van der Waals surface area contributed by atoms with Crippen molar-refractivity contribution in [3.8, 4) is 16.9 Å². The first-order valence-corrected chi connectivity index (χ1v) is 7.58. The van der Waals surface area contributed by atoms with E-state index in [1.807, 2.05) is 54.6 Å². The van der Waals surface area contributed by atoms with Crippen LogP contribution in [-0.4, -0.2) is 13.0 Å². The Morgan fingerprint density at radius 1 is 0.917 bits per heavy atom. The van der Waals surface area contributed by atoms with Gasteiger partial charge >= 0.3 is 0 Å². The van der Waals surface area contributed by atoms with Gasteiger partial charge < -0.3 is 15.8 Å². The van der Waals surface area contributed by atoms with Gasteiger partial charge in [0.05, 0.1) is 12.8 Å². The standard InChI is InChI=1S/C20H18N2O2/c1-24-19-12-9-16(13-18(19)21)20(23)22-17-10-7-15(8-11-17)14-5-3-2-4-6-14/h2-13H,21H2,1H3,(H,22,23). The predicted octanol–water partition coefficient (Wildman–Crippen LogP) is 4.20. The highest BCUT2D eigenvalue weighted by Gasteiger charge is 2.09. The van der Waals surface area contributed by atoms with Gasteiger partial charge in [-0.05, 0) is 41.5 Å². The molecule has 0 radical (unpaired) electrons. The maximum atomic E-state index is 12.3. The molecule has 0 fully saturated rings. The smallest absolute Gasteiger partial charge is 0.255 e. The number of nitrogens with one attached hydrogen (secondary N) is 1. The van der Waals surface area contributed by atoms with E-state index in [0.29, 0.717) is 17.0 Å². The molecule has 24 heavy (non-hydrogen) atoms. The number of nitrogens with two attached hydrogens (primary N) is 1. The molecule has 3 aromatic carbocycles. The first-order valence-electron chi connectivity index (χ1n) is 7.58. The minimum absolute atomic E-state index is 0.211. The number of amides is 1. The Labute approximate surface area is 140 Å². The minimum Gasteiger partial charge on any atom is -0.495 e. The van der Waals surface area contributed by atoms with Crippen molar-refractivity contribution in [1.82, 2.24) is 0 Å². The summed E-state index contributed by atoms with van der Waals surface area (Å²) in [6.45, 7) is 0. The zero-order chi connectivity index (χ0) is 16.9. The monoisotopic (exact) mass is 318 g/mol. The largest absolute Gasteiger partial charge is 0.495 e. The molecule has 0 aliphatic carbocycles. The Balaban J connectivity index is 1.74. The number of methoxy groups -OCH3 is 1. The van der Waals surface area contributed by atoms with Crippen LogP contribution in [0, 0.1) is 0 Å². The quantitative estimate of drug-likeness (QED) is 0.709. The molecule has 4 heteroatoms. The molecular formula is C20H18N2O2. The van der Waals surface area contributed by atoms with Crippen molar-refractivity contribution in [1.29, 1.82) is 0 Å². The van der Waals surface area contributed by atoms with Gasteiger partial charge in [-0.1, -0.05) is 42.5 Å². The van der Waals surface area contributed by atoms with Crippen molar-refractivity contribution in [2.75, 3.05) is 18.2 Å². The van der Waals surface area contributed by atoms with Crippen LogP contribution in [0.25, 0.3) is 11.1 Å². The second-order valence-corrected chi connectivity index (χ2v) is 5.35. The Morgan fingerprint density at radius 2 is 1.58 bits per heavy atom. The number of nitrogen functional groups attached to an aromatic ring is 1. The summed E-state index contributed by atoms with van der Waals surface area (Å²) in [5, 5.41) is 2.87. The number of carbonyl (C=O) groups excluding carboxylic acids is 1. The molecule has 3 aromatic rings. The first kappa shape index (κ1) is 15.6. The highest BCUT2D eigenvalue weighted by molar-refractivity contribution is 6.05. The van der Waals surface area contributed by atoms with E-state index in [4.69, 9.17) is 10.5 Å². The molecule has 120 valence electrons. The van der Waals surface area contributed by atoms with Gasteiger partial charge in [-0.2, -0.15) is 0 Å². The van der Waals surface area contributed by atoms with Crippen LogP contribution in [0.1, 0.15) is 10.4 Å². The lowest BCUT2D eigenvalue weighted by Crippen LogP contribution is -2.12. The van der Waals surface area contributed by atoms with Crippen molar-refractivity contribution >= 4 is 17.3 Å². The number of anilines is 2. The molecule has 4 nitrogen and oxygen atoms in total. The predicted molar refractivity (Wildman–Crippen MR) is 97.2 cm³/mol. The lowest BCUT2D eigenvalue weighted by atomic mass is 10.1. The van der Waals surface area contributed by atoms with Crippen LogP contribution < -0.4 is 15.8 Å². The highest BCUT2D eigenvalue weighted by Crippen LogP contribution is 2.24. The number of rotatable bonds is 4. The van der Waals surface area contributed by atoms with Crippen LogP contribution in [-0.2, 0) is 0 Å². The van der Waals surface area contributed by atoms with Gasteiger partial charge in [0.1, 0.15) is 5.75 Å². The second kappa shape index (κ2) is 6.87. The molecule has 3 N–H and O–H groups in total. The fourth-order valence-corrected chi connectivity index (χ4v) is 2.46. The van der Waals surface area contributed by atoms with Gasteiger partial charge in [0.25, 0.3) is 5.91 Å². The van der Waals surface area contributed by atoms with Crippen molar-refractivity contribution < 1.29 is 9.53 Å². The van der Waals surface area contributed by atoms with Crippen molar-refractivity contribution in [2.45, 2.75) is 0 Å². The second-order valence-electron chi connectivity index (χ2n) is 5.35. The van der Waals surface area contributed by atoms with Gasteiger partial charge in [0.2, 0.25) is 0 Å². The molecule has 1 amide bonds. The Morgan fingerprint density at radius 3 is 2.21 bits per heavy atom. The van der Waals surface area contributed by atoms with Gasteiger partial charge in [0, 0.05) is 11.3 Å². The van der Waals surface area contributed by atoms with E-state index in [0.717, 1.165) is 16.8 Å². The molecule has 0 unspecified atom stereocenters. The molecule has 0 saturated heterocycles. The van der Waals surface area contributed by atoms with Crippen molar-refractivity contribution in [2.24, 2.45) is 0 Å². The van der Waals surface area contributed by atoms with E-state index >= 15 is 0 Å². The molecule has 0 spiro atoms. The van der Waals surface area contributed by atoms with Gasteiger partial charge in [0.15, 0.2) is 0 Å². The average Bonchev–Trinajstić information content (AvgIpc) is 2.63. The lowest BCUT2D eigenvalue weighted by molar-refractivity contribution is 0.102. The summed E-state index contributed by atoms with van der Waals surface area (Å²) in [6.07, 6.45) is 0. The molecule has 0 aliphatic rings. The molecule has 0 atom stereocenters. The van der Waals surface area contributed by atoms with Gasteiger partial charge in [-0.15, -0.1) is 0 Å². The topological polar surface area (TPSA) is 64.3 Å². The van der Waals surface area contributed by atoms with Crippen LogP contribution in [0.2, 0.25) is 0 Å². The van der Waals surface area contributed by atoms with Crippen LogP contribution in [0.5, 0.6) is 5.75 Å². The molecule has 0 heterocycles. The maximum absolute atomic E-state index is 12.3. The summed E-state index contributed by atoms with van der Waals surface area (Å²) in [4.78, 5) is 12.3. The zero-order valence-corrected chi connectivity index (χ0v) is 13.3. The van der Waals surface area contributed by atoms with E-state index in [1.54, 1.807) is 25.3 Å². The third kappa shape index (κ3) is 3.38. The Bertz CT molecular complexity index is 843. The molecular weight excluding hydrogens is 300 g/mol. The van der Waals surface area contributed by atoms with Gasteiger partial charge in [-0.25, -0.2) is 0 Å². The molecule has 0 saturated carbocycles. The van der Waals surface area contributed by atoms with Crippen molar-refractivity contribution in [3.05, 3.63) is 78.4 Å². The zero-order valence-electron chi connectivity index (χ0n) is 13.3. The van der Waals surface area contributed by atoms with Crippen molar-refractivity contribution in [3.63, 3.8) is 0 Å². The Kier molecular flexibility index (Phi) is 4.47. The minimum atomic E-state index is -0.211. The summed E-state index contributed by atoms with van der Waals surface area (Å²) < 4.78 is 5.10. The van der Waals surface area contributed by atoms with Crippen LogP contribution in [0.4, 0.5) is 11.4 Å². The molecule has 0 aromatic heterocycles. The molecule has 0 aliphatic heterocycles.